The molecule has 0 saturated carbocycles. The maximum Gasteiger partial charge on any atom is 0.251 e. The highest BCUT2D eigenvalue weighted by Crippen LogP contribution is 2.21. The number of nitrogens with zero attached hydrogens (tertiary/aromatic N) is 1. The first-order chi connectivity index (χ1) is 13.6. The molecule has 0 aliphatic rings. The van der Waals surface area contributed by atoms with Crippen molar-refractivity contribution < 1.29 is 18.0 Å². The summed E-state index contributed by atoms with van der Waals surface area (Å²) in [6, 6.07) is 12.5. The lowest BCUT2D eigenvalue weighted by atomic mass is 10.1. The summed E-state index contributed by atoms with van der Waals surface area (Å²) in [6.45, 7) is 2.23. The van der Waals surface area contributed by atoms with E-state index in [1.54, 1.807) is 48.3 Å². The molecule has 0 heterocycles. The monoisotopic (exact) mass is 437 g/mol. The van der Waals surface area contributed by atoms with Crippen molar-refractivity contribution in [1.29, 1.82) is 0 Å². The fraction of sp³-hybridized carbons (Fsp3) is 0.300. The van der Waals surface area contributed by atoms with Gasteiger partial charge < -0.3 is 10.2 Å². The lowest BCUT2D eigenvalue weighted by molar-refractivity contribution is -0.131. The zero-order chi connectivity index (χ0) is 21.6. The Kier molecular flexibility index (Phi) is 7.78. The number of sulfonamides is 1. The fourth-order valence-corrected chi connectivity index (χ4v) is 3.34. The van der Waals surface area contributed by atoms with Gasteiger partial charge in [-0.25, -0.2) is 13.6 Å². The van der Waals surface area contributed by atoms with E-state index >= 15 is 0 Å². The van der Waals surface area contributed by atoms with Gasteiger partial charge in [0.15, 0.2) is 0 Å². The zero-order valence-electron chi connectivity index (χ0n) is 16.3. The van der Waals surface area contributed by atoms with Gasteiger partial charge in [-0.2, -0.15) is 0 Å². The van der Waals surface area contributed by atoms with Gasteiger partial charge in [-0.05, 0) is 55.3 Å². The number of nitrogens with one attached hydrogen (secondary N) is 1. The van der Waals surface area contributed by atoms with Gasteiger partial charge in [0.05, 0.1) is 10.9 Å². The Morgan fingerprint density at radius 1 is 1.10 bits per heavy atom. The van der Waals surface area contributed by atoms with E-state index in [-0.39, 0.29) is 29.2 Å². The highest BCUT2D eigenvalue weighted by molar-refractivity contribution is 7.89. The molecule has 0 bridgehead atoms. The molecule has 0 aliphatic carbocycles. The first kappa shape index (κ1) is 22.9. The second-order valence-corrected chi connectivity index (χ2v) is 8.66. The number of nitrogens with two attached hydrogens (primary N) is 1. The van der Waals surface area contributed by atoms with Gasteiger partial charge in [0, 0.05) is 30.6 Å². The predicted octanol–water partition coefficient (Wildman–Crippen LogP) is 2.72. The van der Waals surface area contributed by atoms with Gasteiger partial charge in [-0.1, -0.05) is 23.7 Å². The van der Waals surface area contributed by atoms with E-state index in [9.17, 15) is 18.0 Å². The quantitative estimate of drug-likeness (QED) is 0.618. The Hall–Kier alpha value is -2.42. The molecule has 2 aromatic rings. The van der Waals surface area contributed by atoms with Crippen LogP contribution in [0, 0.1) is 0 Å². The number of carbonyl (C=O) groups excluding carboxylic acids is 2. The van der Waals surface area contributed by atoms with Crippen molar-refractivity contribution in [3.8, 4) is 0 Å². The lowest BCUT2D eigenvalue weighted by Crippen LogP contribution is -2.31. The van der Waals surface area contributed by atoms with Crippen LogP contribution in [0.1, 0.15) is 41.7 Å². The molecule has 156 valence electrons. The van der Waals surface area contributed by atoms with Crippen molar-refractivity contribution >= 4 is 33.4 Å². The lowest BCUT2D eigenvalue weighted by Gasteiger charge is -2.25. The van der Waals surface area contributed by atoms with Gasteiger partial charge in [0.25, 0.3) is 5.91 Å². The molecule has 9 heteroatoms. The molecule has 29 heavy (non-hydrogen) atoms. The molecule has 0 aliphatic heterocycles. The van der Waals surface area contributed by atoms with Crippen molar-refractivity contribution in [3.63, 3.8) is 0 Å². The van der Waals surface area contributed by atoms with Crippen molar-refractivity contribution in [1.82, 2.24) is 10.2 Å². The number of benzene rings is 2. The van der Waals surface area contributed by atoms with Crippen LogP contribution < -0.4 is 10.5 Å². The Morgan fingerprint density at radius 2 is 1.69 bits per heavy atom. The predicted molar refractivity (Wildman–Crippen MR) is 112 cm³/mol. The van der Waals surface area contributed by atoms with Gasteiger partial charge in [-0.15, -0.1) is 0 Å². The molecule has 0 unspecified atom stereocenters. The third-order valence-electron chi connectivity index (χ3n) is 4.62. The van der Waals surface area contributed by atoms with Gasteiger partial charge in [-0.3, -0.25) is 9.59 Å². The average molecular weight is 438 g/mol. The normalized spacial score (nSPS) is 12.3. The Balaban J connectivity index is 1.82. The SMILES string of the molecule is C[C@H](c1ccc(S(N)(=O)=O)cc1)N(C)C(=O)CCCNC(=O)c1ccc(Cl)cc1. The number of hydrogen-bond acceptors (Lipinski definition) is 4. The molecule has 2 aromatic carbocycles. The smallest absolute Gasteiger partial charge is 0.251 e. The topological polar surface area (TPSA) is 110 Å². The van der Waals surface area contributed by atoms with E-state index < -0.39 is 10.0 Å². The molecule has 2 rings (SSSR count). The number of halogens is 1. The van der Waals surface area contributed by atoms with Crippen LogP contribution >= 0.6 is 11.6 Å². The molecule has 2 amide bonds. The molecular formula is C20H24ClN3O4S. The minimum atomic E-state index is -3.75. The van der Waals surface area contributed by atoms with Crippen LogP contribution in [0.2, 0.25) is 5.02 Å². The molecule has 0 fully saturated rings. The second-order valence-electron chi connectivity index (χ2n) is 6.66. The van der Waals surface area contributed by atoms with E-state index in [0.717, 1.165) is 5.56 Å². The van der Waals surface area contributed by atoms with Crippen LogP contribution in [0.4, 0.5) is 0 Å². The van der Waals surface area contributed by atoms with E-state index in [4.69, 9.17) is 16.7 Å². The third kappa shape index (κ3) is 6.56. The fourth-order valence-electron chi connectivity index (χ4n) is 2.70. The van der Waals surface area contributed by atoms with Crippen molar-refractivity contribution in [2.24, 2.45) is 5.14 Å². The first-order valence-corrected chi connectivity index (χ1v) is 10.9. The summed E-state index contributed by atoms with van der Waals surface area (Å²) in [5.74, 6) is -0.292. The van der Waals surface area contributed by atoms with Crippen LogP contribution in [0.5, 0.6) is 0 Å². The van der Waals surface area contributed by atoms with Crippen LogP contribution in [-0.4, -0.2) is 38.7 Å². The molecular weight excluding hydrogens is 414 g/mol. The maximum absolute atomic E-state index is 12.4. The van der Waals surface area contributed by atoms with E-state index in [0.29, 0.717) is 23.6 Å². The second kappa shape index (κ2) is 9.87. The maximum atomic E-state index is 12.4. The number of primary sulfonamides is 1. The number of rotatable bonds is 8. The van der Waals surface area contributed by atoms with Crippen molar-refractivity contribution in [2.45, 2.75) is 30.7 Å². The molecule has 0 saturated heterocycles. The largest absolute Gasteiger partial charge is 0.352 e. The standard InChI is InChI=1S/C20H24ClN3O4S/c1-14(15-7-11-18(12-8-15)29(22,27)28)24(2)19(25)4-3-13-23-20(26)16-5-9-17(21)10-6-16/h5-12,14H,3-4,13H2,1-2H3,(H,23,26)(H2,22,27,28)/t14-/m1/s1. The van der Waals surface area contributed by atoms with Crippen LogP contribution in [0.25, 0.3) is 0 Å². The van der Waals surface area contributed by atoms with Crippen molar-refractivity contribution in [2.75, 3.05) is 13.6 Å². The summed E-state index contributed by atoms with van der Waals surface area (Å²) >= 11 is 5.80. The molecule has 1 atom stereocenters. The average Bonchev–Trinajstić information content (AvgIpc) is 2.69. The minimum absolute atomic E-state index is 0.0267. The van der Waals surface area contributed by atoms with Crippen LogP contribution in [-0.2, 0) is 14.8 Å². The minimum Gasteiger partial charge on any atom is -0.352 e. The van der Waals surface area contributed by atoms with Crippen LogP contribution in [0.15, 0.2) is 53.4 Å². The summed E-state index contributed by atoms with van der Waals surface area (Å²) in [5.41, 5.74) is 1.30. The summed E-state index contributed by atoms with van der Waals surface area (Å²) in [7, 11) is -2.06. The van der Waals surface area contributed by atoms with E-state index in [1.807, 2.05) is 6.92 Å². The molecule has 0 radical (unpaired) electrons. The summed E-state index contributed by atoms with van der Waals surface area (Å²) in [6.07, 6.45) is 0.774. The summed E-state index contributed by atoms with van der Waals surface area (Å²) in [4.78, 5) is 26.1. The highest BCUT2D eigenvalue weighted by Gasteiger charge is 2.18. The number of carbonyl (C=O) groups is 2. The highest BCUT2D eigenvalue weighted by atomic mass is 35.5. The third-order valence-corrected chi connectivity index (χ3v) is 5.81. The van der Waals surface area contributed by atoms with Crippen LogP contribution in [0.3, 0.4) is 0 Å². The number of hydrogen-bond donors (Lipinski definition) is 2. The van der Waals surface area contributed by atoms with Crippen molar-refractivity contribution in [3.05, 3.63) is 64.7 Å². The molecule has 0 spiro atoms. The summed E-state index contributed by atoms with van der Waals surface area (Å²) < 4.78 is 22.7. The Labute approximate surface area is 175 Å². The summed E-state index contributed by atoms with van der Waals surface area (Å²) in [5, 5.41) is 8.43. The van der Waals surface area contributed by atoms with Gasteiger partial charge in [0.1, 0.15) is 0 Å². The Morgan fingerprint density at radius 3 is 2.24 bits per heavy atom. The number of amides is 2. The first-order valence-electron chi connectivity index (χ1n) is 9.02. The molecule has 0 aromatic heterocycles. The van der Waals surface area contributed by atoms with Gasteiger partial charge >= 0.3 is 0 Å². The Bertz CT molecular complexity index is 960. The molecule has 3 N–H and O–H groups in total. The zero-order valence-corrected chi connectivity index (χ0v) is 17.8. The molecule has 7 nitrogen and oxygen atoms in total. The van der Waals surface area contributed by atoms with Gasteiger partial charge in [0.2, 0.25) is 15.9 Å². The van der Waals surface area contributed by atoms with E-state index in [1.165, 1.54) is 12.1 Å². The van der Waals surface area contributed by atoms with E-state index in [2.05, 4.69) is 5.32 Å².